The van der Waals surface area contributed by atoms with Crippen molar-refractivity contribution in [2.24, 2.45) is 0 Å². The van der Waals surface area contributed by atoms with Crippen LogP contribution in [0.25, 0.3) is 11.0 Å². The molecule has 2 heterocycles. The Kier molecular flexibility index (Phi) is 3.79. The molecule has 1 amide bonds. The van der Waals surface area contributed by atoms with E-state index in [0.29, 0.717) is 12.5 Å². The molecule has 1 aromatic heterocycles. The Hall–Kier alpha value is -1.73. The number of anilines is 1. The van der Waals surface area contributed by atoms with Crippen molar-refractivity contribution in [3.8, 4) is 5.75 Å². The fourth-order valence-corrected chi connectivity index (χ4v) is 3.10. The molecule has 7 heteroatoms. The van der Waals surface area contributed by atoms with Crippen LogP contribution in [0.4, 0.5) is 5.95 Å². The number of ether oxygens (including phenoxy) is 1. The Morgan fingerprint density at radius 2 is 2.45 bits per heavy atom. The van der Waals surface area contributed by atoms with Gasteiger partial charge in [0.1, 0.15) is 5.75 Å². The van der Waals surface area contributed by atoms with Gasteiger partial charge in [-0.2, -0.15) is 0 Å². The molecule has 2 aromatic rings. The summed E-state index contributed by atoms with van der Waals surface area (Å²) in [7, 11) is 1.62. The van der Waals surface area contributed by atoms with E-state index < -0.39 is 0 Å². The molecule has 1 atom stereocenters. The zero-order valence-electron chi connectivity index (χ0n) is 11.1. The van der Waals surface area contributed by atoms with Crippen molar-refractivity contribution >= 4 is 34.7 Å². The second-order valence-electron chi connectivity index (χ2n) is 4.52. The van der Waals surface area contributed by atoms with E-state index in [1.165, 1.54) is 0 Å². The molecule has 1 aromatic carbocycles. The Labute approximate surface area is 120 Å². The highest BCUT2D eigenvalue weighted by molar-refractivity contribution is 8.00. The van der Waals surface area contributed by atoms with Crippen LogP contribution in [-0.2, 0) is 4.79 Å². The van der Waals surface area contributed by atoms with Crippen LogP contribution in [0.15, 0.2) is 18.2 Å². The van der Waals surface area contributed by atoms with Crippen LogP contribution in [0.2, 0.25) is 0 Å². The van der Waals surface area contributed by atoms with Gasteiger partial charge < -0.3 is 15.0 Å². The van der Waals surface area contributed by atoms with Crippen LogP contribution in [0.1, 0.15) is 0 Å². The molecule has 6 nitrogen and oxygen atoms in total. The van der Waals surface area contributed by atoms with E-state index in [-0.39, 0.29) is 11.2 Å². The number of imidazole rings is 1. The summed E-state index contributed by atoms with van der Waals surface area (Å²) in [5.41, 5.74) is 1.64. The number of fused-ring (bicyclic) bond motifs is 1. The fourth-order valence-electron chi connectivity index (χ4n) is 2.11. The van der Waals surface area contributed by atoms with Gasteiger partial charge in [-0.1, -0.05) is 0 Å². The van der Waals surface area contributed by atoms with Crippen LogP contribution in [-0.4, -0.2) is 47.1 Å². The highest BCUT2D eigenvalue weighted by Gasteiger charge is 2.22. The number of rotatable bonds is 3. The number of thioether (sulfide) groups is 1. The maximum atomic E-state index is 12.1. The topological polar surface area (TPSA) is 79.0 Å². The quantitative estimate of drug-likeness (QED) is 0.792. The van der Waals surface area contributed by atoms with E-state index in [4.69, 9.17) is 4.74 Å². The third-order valence-electron chi connectivity index (χ3n) is 3.15. The molecule has 3 rings (SSSR count). The molecule has 1 aliphatic heterocycles. The highest BCUT2D eigenvalue weighted by atomic mass is 32.2. The summed E-state index contributed by atoms with van der Waals surface area (Å²) in [4.78, 5) is 19.5. The SMILES string of the molecule is COc1ccc2nc(NC(=O)C3CNCCS3)[nH]c2c1. The first-order valence-electron chi connectivity index (χ1n) is 6.43. The molecular weight excluding hydrogens is 276 g/mol. The third kappa shape index (κ3) is 2.73. The monoisotopic (exact) mass is 292 g/mol. The lowest BCUT2D eigenvalue weighted by molar-refractivity contribution is -0.115. The first kappa shape index (κ1) is 13.3. The minimum absolute atomic E-state index is 0.0202. The summed E-state index contributed by atoms with van der Waals surface area (Å²) in [5, 5.41) is 5.98. The van der Waals surface area contributed by atoms with Crippen LogP contribution in [0.5, 0.6) is 5.75 Å². The van der Waals surface area contributed by atoms with Gasteiger partial charge in [-0.25, -0.2) is 4.98 Å². The lowest BCUT2D eigenvalue weighted by Crippen LogP contribution is -2.40. The molecule has 1 fully saturated rings. The van der Waals surface area contributed by atoms with Crippen molar-refractivity contribution < 1.29 is 9.53 Å². The number of nitrogens with one attached hydrogen (secondary N) is 3. The smallest absolute Gasteiger partial charge is 0.241 e. The van der Waals surface area contributed by atoms with Crippen LogP contribution in [0, 0.1) is 0 Å². The first-order chi connectivity index (χ1) is 9.76. The maximum absolute atomic E-state index is 12.1. The largest absolute Gasteiger partial charge is 0.497 e. The summed E-state index contributed by atoms with van der Waals surface area (Å²) < 4.78 is 5.16. The molecule has 3 N–H and O–H groups in total. The Balaban J connectivity index is 1.75. The zero-order chi connectivity index (χ0) is 13.9. The van der Waals surface area contributed by atoms with Crippen molar-refractivity contribution in [3.63, 3.8) is 0 Å². The van der Waals surface area contributed by atoms with Crippen LogP contribution >= 0.6 is 11.8 Å². The molecule has 0 radical (unpaired) electrons. The molecule has 0 aliphatic carbocycles. The number of H-pyrrole nitrogens is 1. The number of amides is 1. The fraction of sp³-hybridized carbons (Fsp3) is 0.385. The molecule has 0 spiro atoms. The van der Waals surface area contributed by atoms with E-state index in [1.54, 1.807) is 18.9 Å². The average molecular weight is 292 g/mol. The standard InChI is InChI=1S/C13H16N4O2S/c1-19-8-2-3-9-10(6-8)16-13(15-9)17-12(18)11-7-14-4-5-20-11/h2-3,6,11,14H,4-5,7H2,1H3,(H2,15,16,17,18). The molecule has 0 saturated carbocycles. The Morgan fingerprint density at radius 3 is 3.20 bits per heavy atom. The predicted molar refractivity (Wildman–Crippen MR) is 80.4 cm³/mol. The van der Waals surface area contributed by atoms with Gasteiger partial charge in [0.05, 0.1) is 23.4 Å². The number of carbonyl (C=O) groups excluding carboxylic acids is 1. The number of carbonyl (C=O) groups is 1. The van der Waals surface area contributed by atoms with E-state index in [9.17, 15) is 4.79 Å². The number of aromatic nitrogens is 2. The minimum atomic E-state index is -0.0634. The molecule has 20 heavy (non-hydrogen) atoms. The summed E-state index contributed by atoms with van der Waals surface area (Å²) in [6.45, 7) is 1.66. The summed E-state index contributed by atoms with van der Waals surface area (Å²) >= 11 is 1.67. The molecule has 1 saturated heterocycles. The Bertz CT molecular complexity index is 622. The molecular formula is C13H16N4O2S. The first-order valence-corrected chi connectivity index (χ1v) is 7.48. The van der Waals surface area contributed by atoms with E-state index in [1.807, 2.05) is 18.2 Å². The summed E-state index contributed by atoms with van der Waals surface area (Å²) in [6.07, 6.45) is 0. The molecule has 106 valence electrons. The summed E-state index contributed by atoms with van der Waals surface area (Å²) in [5.74, 6) is 2.17. The van der Waals surface area contributed by atoms with Gasteiger partial charge in [0, 0.05) is 24.9 Å². The van der Waals surface area contributed by atoms with Crippen molar-refractivity contribution in [1.29, 1.82) is 0 Å². The van der Waals surface area contributed by atoms with Gasteiger partial charge in [0.15, 0.2) is 0 Å². The van der Waals surface area contributed by atoms with Gasteiger partial charge in [-0.15, -0.1) is 11.8 Å². The number of hydrogen-bond acceptors (Lipinski definition) is 5. The van der Waals surface area contributed by atoms with E-state index in [2.05, 4.69) is 20.6 Å². The number of benzene rings is 1. The van der Waals surface area contributed by atoms with Gasteiger partial charge >= 0.3 is 0 Å². The molecule has 1 aliphatic rings. The number of methoxy groups -OCH3 is 1. The lowest BCUT2D eigenvalue weighted by Gasteiger charge is -2.20. The average Bonchev–Trinajstić information content (AvgIpc) is 2.89. The van der Waals surface area contributed by atoms with Crippen molar-refractivity contribution in [1.82, 2.24) is 15.3 Å². The van der Waals surface area contributed by atoms with Crippen molar-refractivity contribution in [3.05, 3.63) is 18.2 Å². The van der Waals surface area contributed by atoms with Gasteiger partial charge in [-0.3, -0.25) is 10.1 Å². The van der Waals surface area contributed by atoms with Crippen molar-refractivity contribution in [2.75, 3.05) is 31.3 Å². The Morgan fingerprint density at radius 1 is 1.55 bits per heavy atom. The zero-order valence-corrected chi connectivity index (χ0v) is 11.9. The normalized spacial score (nSPS) is 18.9. The number of hydrogen-bond donors (Lipinski definition) is 3. The lowest BCUT2D eigenvalue weighted by atomic mass is 10.3. The second-order valence-corrected chi connectivity index (χ2v) is 5.83. The summed E-state index contributed by atoms with van der Waals surface area (Å²) in [6, 6.07) is 5.56. The highest BCUT2D eigenvalue weighted by Crippen LogP contribution is 2.21. The molecule has 1 unspecified atom stereocenters. The van der Waals surface area contributed by atoms with Crippen LogP contribution < -0.4 is 15.4 Å². The van der Waals surface area contributed by atoms with Gasteiger partial charge in [0.25, 0.3) is 0 Å². The number of aromatic amines is 1. The van der Waals surface area contributed by atoms with Gasteiger partial charge in [0.2, 0.25) is 11.9 Å². The maximum Gasteiger partial charge on any atom is 0.241 e. The van der Waals surface area contributed by atoms with Crippen LogP contribution in [0.3, 0.4) is 0 Å². The minimum Gasteiger partial charge on any atom is -0.497 e. The predicted octanol–water partition coefficient (Wildman–Crippen LogP) is 1.21. The van der Waals surface area contributed by atoms with Crippen molar-refractivity contribution in [2.45, 2.75) is 5.25 Å². The second kappa shape index (κ2) is 5.72. The van der Waals surface area contributed by atoms with E-state index in [0.717, 1.165) is 29.1 Å². The van der Waals surface area contributed by atoms with Gasteiger partial charge in [-0.05, 0) is 12.1 Å². The molecule has 0 bridgehead atoms. The third-order valence-corrected chi connectivity index (χ3v) is 4.37. The van der Waals surface area contributed by atoms with E-state index >= 15 is 0 Å². The number of nitrogens with zero attached hydrogens (tertiary/aromatic N) is 1.